The first-order chi connectivity index (χ1) is 8.68. The Hall–Kier alpha value is -1.09. The molecule has 19 heavy (non-hydrogen) atoms. The molecule has 0 saturated carbocycles. The van der Waals surface area contributed by atoms with Crippen LogP contribution in [0.4, 0.5) is 0 Å². The van der Waals surface area contributed by atoms with Crippen molar-refractivity contribution in [1.29, 1.82) is 0 Å². The second-order valence-corrected chi connectivity index (χ2v) is 7.32. The minimum Gasteiger partial charge on any atom is -0.359 e. The van der Waals surface area contributed by atoms with E-state index in [0.717, 1.165) is 18.1 Å². The third kappa shape index (κ3) is 7.16. The predicted molar refractivity (Wildman–Crippen MR) is 87.2 cm³/mol. The van der Waals surface area contributed by atoms with Crippen molar-refractivity contribution in [3.8, 4) is 0 Å². The molecule has 106 valence electrons. The smallest absolute Gasteiger partial charge is 0.166 e. The fraction of sp³-hybridized carbons (Fsp3) is 0.562. The molecule has 0 bridgehead atoms. The van der Waals surface area contributed by atoms with E-state index in [1.807, 2.05) is 18.2 Å². The van der Waals surface area contributed by atoms with Crippen LogP contribution in [0.5, 0.6) is 0 Å². The van der Waals surface area contributed by atoms with Crippen LogP contribution in [0.3, 0.4) is 0 Å². The summed E-state index contributed by atoms with van der Waals surface area (Å²) in [7, 11) is 0. The SMILES string of the molecule is CC(C)(C)CC(C)(C)NC(=S)NCc1ccccc1. The molecule has 0 saturated heterocycles. The molecule has 0 fully saturated rings. The molecule has 3 heteroatoms. The summed E-state index contributed by atoms with van der Waals surface area (Å²) in [6.45, 7) is 11.9. The van der Waals surface area contributed by atoms with Gasteiger partial charge in [-0.25, -0.2) is 0 Å². The average Bonchev–Trinajstić information content (AvgIpc) is 2.23. The van der Waals surface area contributed by atoms with Crippen molar-refractivity contribution in [1.82, 2.24) is 10.6 Å². The van der Waals surface area contributed by atoms with Gasteiger partial charge in [-0.15, -0.1) is 0 Å². The minimum absolute atomic E-state index is 0.000971. The third-order valence-corrected chi connectivity index (χ3v) is 2.97. The van der Waals surface area contributed by atoms with Crippen molar-refractivity contribution >= 4 is 17.3 Å². The lowest BCUT2D eigenvalue weighted by molar-refractivity contribution is 0.266. The van der Waals surface area contributed by atoms with Gasteiger partial charge in [0.25, 0.3) is 0 Å². The molecule has 0 aromatic heterocycles. The normalized spacial score (nSPS) is 12.1. The van der Waals surface area contributed by atoms with E-state index in [-0.39, 0.29) is 11.0 Å². The Bertz CT molecular complexity index is 405. The van der Waals surface area contributed by atoms with Gasteiger partial charge in [0.15, 0.2) is 5.11 Å². The first kappa shape index (κ1) is 16.0. The summed E-state index contributed by atoms with van der Waals surface area (Å²) in [6.07, 6.45) is 1.06. The quantitative estimate of drug-likeness (QED) is 0.818. The summed E-state index contributed by atoms with van der Waals surface area (Å²) >= 11 is 5.37. The van der Waals surface area contributed by atoms with E-state index in [2.05, 4.69) is 57.4 Å². The van der Waals surface area contributed by atoms with Crippen molar-refractivity contribution in [2.75, 3.05) is 0 Å². The molecule has 1 aromatic carbocycles. The van der Waals surface area contributed by atoms with E-state index in [1.165, 1.54) is 5.56 Å². The first-order valence-corrected chi connectivity index (χ1v) is 7.19. The van der Waals surface area contributed by atoms with Crippen LogP contribution < -0.4 is 10.6 Å². The molecule has 0 unspecified atom stereocenters. The Morgan fingerprint density at radius 2 is 1.63 bits per heavy atom. The van der Waals surface area contributed by atoms with Gasteiger partial charge >= 0.3 is 0 Å². The van der Waals surface area contributed by atoms with Crippen molar-refractivity contribution in [3.05, 3.63) is 35.9 Å². The van der Waals surface area contributed by atoms with Gasteiger partial charge in [-0.1, -0.05) is 51.1 Å². The fourth-order valence-corrected chi connectivity index (χ4v) is 2.85. The number of thiocarbonyl (C=S) groups is 1. The maximum absolute atomic E-state index is 5.37. The molecule has 0 aliphatic carbocycles. The molecule has 0 aliphatic heterocycles. The van der Waals surface area contributed by atoms with Crippen LogP contribution in [0, 0.1) is 5.41 Å². The Kier molecular flexibility index (Phi) is 5.36. The molecular formula is C16H26N2S. The lowest BCUT2D eigenvalue weighted by Gasteiger charge is -2.34. The van der Waals surface area contributed by atoms with Crippen LogP contribution in [-0.2, 0) is 6.54 Å². The highest BCUT2D eigenvalue weighted by Gasteiger charge is 2.25. The van der Waals surface area contributed by atoms with Gasteiger partial charge in [0.2, 0.25) is 0 Å². The summed E-state index contributed by atoms with van der Waals surface area (Å²) < 4.78 is 0. The Labute approximate surface area is 123 Å². The molecule has 0 spiro atoms. The van der Waals surface area contributed by atoms with Crippen LogP contribution in [0.1, 0.15) is 46.6 Å². The lowest BCUT2D eigenvalue weighted by Crippen LogP contribution is -2.49. The van der Waals surface area contributed by atoms with Gasteiger partial charge in [0.05, 0.1) is 0 Å². The van der Waals surface area contributed by atoms with Gasteiger partial charge in [0.1, 0.15) is 0 Å². The fourth-order valence-electron chi connectivity index (χ4n) is 2.50. The van der Waals surface area contributed by atoms with Crippen LogP contribution in [0.2, 0.25) is 0 Å². The molecule has 0 amide bonds. The second kappa shape index (κ2) is 6.38. The van der Waals surface area contributed by atoms with Crippen LogP contribution >= 0.6 is 12.2 Å². The second-order valence-electron chi connectivity index (χ2n) is 6.91. The topological polar surface area (TPSA) is 24.1 Å². The van der Waals surface area contributed by atoms with Gasteiger partial charge < -0.3 is 10.6 Å². The summed E-state index contributed by atoms with van der Waals surface area (Å²) in [6, 6.07) is 10.3. The number of benzene rings is 1. The lowest BCUT2D eigenvalue weighted by atomic mass is 9.82. The van der Waals surface area contributed by atoms with E-state index in [4.69, 9.17) is 12.2 Å². The van der Waals surface area contributed by atoms with Gasteiger partial charge in [-0.3, -0.25) is 0 Å². The number of rotatable bonds is 4. The van der Waals surface area contributed by atoms with E-state index in [9.17, 15) is 0 Å². The molecule has 1 rings (SSSR count). The molecule has 0 aliphatic rings. The van der Waals surface area contributed by atoms with E-state index < -0.39 is 0 Å². The summed E-state index contributed by atoms with van der Waals surface area (Å²) in [4.78, 5) is 0. The number of hydrogen-bond acceptors (Lipinski definition) is 1. The van der Waals surface area contributed by atoms with Gasteiger partial charge in [-0.05, 0) is 43.5 Å². The maximum atomic E-state index is 5.37. The monoisotopic (exact) mass is 278 g/mol. The molecule has 0 heterocycles. The molecule has 2 N–H and O–H groups in total. The van der Waals surface area contributed by atoms with Gasteiger partial charge in [-0.2, -0.15) is 0 Å². The first-order valence-electron chi connectivity index (χ1n) is 6.78. The highest BCUT2D eigenvalue weighted by Crippen LogP contribution is 2.26. The maximum Gasteiger partial charge on any atom is 0.166 e. The molecule has 1 aromatic rings. The molecular weight excluding hydrogens is 252 g/mol. The number of hydrogen-bond donors (Lipinski definition) is 2. The third-order valence-electron chi connectivity index (χ3n) is 2.72. The predicted octanol–water partition coefficient (Wildman–Crippen LogP) is 3.87. The summed E-state index contributed by atoms with van der Waals surface area (Å²) in [5, 5.41) is 7.38. The zero-order chi connectivity index (χ0) is 14.5. The zero-order valence-electron chi connectivity index (χ0n) is 12.7. The molecule has 0 atom stereocenters. The average molecular weight is 278 g/mol. The van der Waals surface area contributed by atoms with Crippen molar-refractivity contribution in [2.45, 2.75) is 53.1 Å². The summed E-state index contributed by atoms with van der Waals surface area (Å²) in [5.41, 5.74) is 1.52. The van der Waals surface area contributed by atoms with E-state index >= 15 is 0 Å². The zero-order valence-corrected chi connectivity index (χ0v) is 13.5. The van der Waals surface area contributed by atoms with Crippen molar-refractivity contribution in [2.24, 2.45) is 5.41 Å². The Morgan fingerprint density at radius 3 is 2.16 bits per heavy atom. The van der Waals surface area contributed by atoms with E-state index in [1.54, 1.807) is 0 Å². The molecule has 2 nitrogen and oxygen atoms in total. The standard InChI is InChI=1S/C16H26N2S/c1-15(2,3)12-16(4,5)18-14(19)17-11-13-9-7-6-8-10-13/h6-10H,11-12H2,1-5H3,(H2,17,18,19). The van der Waals surface area contributed by atoms with Crippen LogP contribution in [-0.4, -0.2) is 10.7 Å². The van der Waals surface area contributed by atoms with E-state index in [0.29, 0.717) is 0 Å². The van der Waals surface area contributed by atoms with Crippen molar-refractivity contribution < 1.29 is 0 Å². The number of nitrogens with one attached hydrogen (secondary N) is 2. The minimum atomic E-state index is -0.000971. The van der Waals surface area contributed by atoms with Crippen LogP contribution in [0.15, 0.2) is 30.3 Å². The summed E-state index contributed by atoms with van der Waals surface area (Å²) in [5.74, 6) is 0. The van der Waals surface area contributed by atoms with Crippen LogP contribution in [0.25, 0.3) is 0 Å². The van der Waals surface area contributed by atoms with Gasteiger partial charge in [0, 0.05) is 12.1 Å². The Morgan fingerprint density at radius 1 is 1.05 bits per heavy atom. The molecule has 0 radical (unpaired) electrons. The highest BCUT2D eigenvalue weighted by atomic mass is 32.1. The highest BCUT2D eigenvalue weighted by molar-refractivity contribution is 7.80. The Balaban J connectivity index is 2.43. The van der Waals surface area contributed by atoms with Crippen molar-refractivity contribution in [3.63, 3.8) is 0 Å². The largest absolute Gasteiger partial charge is 0.359 e.